The van der Waals surface area contributed by atoms with Crippen molar-refractivity contribution in [3.8, 4) is 5.75 Å². The molecule has 1 aromatic carbocycles. The van der Waals surface area contributed by atoms with Gasteiger partial charge in [0.15, 0.2) is 5.40 Å². The highest BCUT2D eigenvalue weighted by molar-refractivity contribution is 7.72. The highest BCUT2D eigenvalue weighted by Gasteiger charge is 2.51. The zero-order chi connectivity index (χ0) is 21.0. The Morgan fingerprint density at radius 3 is 1.61 bits per heavy atom. The van der Waals surface area contributed by atoms with Crippen molar-refractivity contribution >= 4 is 21.5 Å². The van der Waals surface area contributed by atoms with Crippen LogP contribution in [-0.2, 0) is 32.0 Å². The predicted octanol–water partition coefficient (Wildman–Crippen LogP) is 5.19. The number of carbonyl (C=O) groups excluding carboxylic acids is 1. The van der Waals surface area contributed by atoms with Crippen LogP contribution in [0.2, 0.25) is 0 Å². The Balaban J connectivity index is 3.38. The van der Waals surface area contributed by atoms with E-state index in [-0.39, 0.29) is 39.5 Å². The summed E-state index contributed by atoms with van der Waals surface area (Å²) < 4.78 is 54.4. The fourth-order valence-electron chi connectivity index (χ4n) is 2.58. The number of carbonyl (C=O) groups is 1. The van der Waals surface area contributed by atoms with Gasteiger partial charge in [0.1, 0.15) is 12.0 Å². The number of rotatable bonds is 15. The van der Waals surface area contributed by atoms with Gasteiger partial charge >= 0.3 is 15.2 Å². The van der Waals surface area contributed by atoms with Crippen LogP contribution < -0.4 is 4.74 Å². The summed E-state index contributed by atoms with van der Waals surface area (Å²) in [5.74, 6) is 0.523. The maximum absolute atomic E-state index is 13.6. The predicted molar refractivity (Wildman–Crippen MR) is 107 cm³/mol. The van der Waals surface area contributed by atoms with E-state index in [0.717, 1.165) is 6.29 Å². The zero-order valence-corrected chi connectivity index (χ0v) is 18.7. The van der Waals surface area contributed by atoms with Crippen LogP contribution in [0.3, 0.4) is 0 Å². The largest absolute Gasteiger partial charge is 0.493 e. The minimum absolute atomic E-state index is 0.110. The molecule has 0 aliphatic rings. The second kappa shape index (κ2) is 12.5. The van der Waals surface area contributed by atoms with E-state index in [0.29, 0.717) is 11.3 Å². The lowest BCUT2D eigenvalue weighted by molar-refractivity contribution is -0.108. The van der Waals surface area contributed by atoms with Crippen molar-refractivity contribution in [2.75, 3.05) is 33.0 Å². The molecule has 0 unspecified atom stereocenters. The molecule has 160 valence electrons. The smallest absolute Gasteiger partial charge is 0.350 e. The minimum atomic E-state index is -3.87. The summed E-state index contributed by atoms with van der Waals surface area (Å²) in [4.78, 5) is 10.4. The Kier molecular flexibility index (Phi) is 11.2. The van der Waals surface area contributed by atoms with Crippen LogP contribution in [0.5, 0.6) is 5.75 Å². The monoisotopic (exact) mass is 436 g/mol. The Hall–Kier alpha value is -1.01. The molecule has 1 aromatic rings. The maximum atomic E-state index is 13.6. The third-order valence-corrected chi connectivity index (χ3v) is 9.48. The van der Waals surface area contributed by atoms with Crippen molar-refractivity contribution in [1.82, 2.24) is 0 Å². The molecule has 0 spiro atoms. The fraction of sp³-hybridized carbons (Fsp3) is 0.611. The molecule has 0 bridgehead atoms. The molecule has 0 aliphatic heterocycles. The topological polar surface area (TPSA) is 97.4 Å². The first-order chi connectivity index (χ1) is 13.4. The Labute approximate surface area is 166 Å². The zero-order valence-electron chi connectivity index (χ0n) is 16.9. The van der Waals surface area contributed by atoms with Gasteiger partial charge in [0, 0.05) is 6.42 Å². The Morgan fingerprint density at radius 2 is 1.25 bits per heavy atom. The SMILES string of the molecule is CCOP(=O)(OCC)C(c1ccc(OCCC=O)cc1)P(=O)(OCC)OCC. The van der Waals surface area contributed by atoms with Crippen molar-refractivity contribution in [3.63, 3.8) is 0 Å². The quantitative estimate of drug-likeness (QED) is 0.211. The Bertz CT molecular complexity index is 627. The van der Waals surface area contributed by atoms with Crippen LogP contribution in [0, 0.1) is 0 Å². The van der Waals surface area contributed by atoms with Crippen molar-refractivity contribution in [1.29, 1.82) is 0 Å². The van der Waals surface area contributed by atoms with Crippen LogP contribution in [0.4, 0.5) is 0 Å². The van der Waals surface area contributed by atoms with E-state index in [4.69, 9.17) is 22.8 Å². The van der Waals surface area contributed by atoms with Crippen LogP contribution in [0.1, 0.15) is 45.1 Å². The van der Waals surface area contributed by atoms with Gasteiger partial charge in [-0.1, -0.05) is 12.1 Å². The molecule has 0 saturated heterocycles. The average Bonchev–Trinajstić information content (AvgIpc) is 2.64. The lowest BCUT2D eigenvalue weighted by atomic mass is 10.2. The fourth-order valence-corrected chi connectivity index (χ4v) is 7.99. The van der Waals surface area contributed by atoms with Crippen molar-refractivity contribution < 1.29 is 36.8 Å². The second-order valence-corrected chi connectivity index (χ2v) is 10.1. The molecule has 0 aliphatic carbocycles. The van der Waals surface area contributed by atoms with E-state index < -0.39 is 20.6 Å². The summed E-state index contributed by atoms with van der Waals surface area (Å²) >= 11 is 0. The van der Waals surface area contributed by atoms with Gasteiger partial charge in [-0.2, -0.15) is 0 Å². The lowest BCUT2D eigenvalue weighted by Gasteiger charge is -2.31. The molecular formula is C18H30O8P2. The van der Waals surface area contributed by atoms with Crippen LogP contribution in [0.25, 0.3) is 0 Å². The molecule has 0 fully saturated rings. The molecule has 0 saturated carbocycles. The second-order valence-electron chi connectivity index (χ2n) is 5.50. The van der Waals surface area contributed by atoms with E-state index in [9.17, 15) is 13.9 Å². The first kappa shape index (κ1) is 25.0. The van der Waals surface area contributed by atoms with E-state index in [1.807, 2.05) is 0 Å². The van der Waals surface area contributed by atoms with Crippen LogP contribution in [0.15, 0.2) is 24.3 Å². The molecule has 0 heterocycles. The van der Waals surface area contributed by atoms with Gasteiger partial charge < -0.3 is 27.6 Å². The maximum Gasteiger partial charge on any atom is 0.350 e. The molecule has 1 rings (SSSR count). The minimum Gasteiger partial charge on any atom is -0.493 e. The Morgan fingerprint density at radius 1 is 0.821 bits per heavy atom. The van der Waals surface area contributed by atoms with Crippen LogP contribution >= 0.6 is 15.2 Å². The molecule has 0 atom stereocenters. The molecule has 0 amide bonds. The summed E-state index contributed by atoms with van der Waals surface area (Å²) in [6.07, 6.45) is 1.05. The third kappa shape index (κ3) is 6.80. The number of benzene rings is 1. The molecule has 0 N–H and O–H groups in total. The summed E-state index contributed by atoms with van der Waals surface area (Å²) in [6.45, 7) is 7.41. The van der Waals surface area contributed by atoms with Gasteiger partial charge in [-0.3, -0.25) is 9.13 Å². The molecule has 8 nitrogen and oxygen atoms in total. The molecule has 0 aromatic heterocycles. The lowest BCUT2D eigenvalue weighted by Crippen LogP contribution is -2.12. The van der Waals surface area contributed by atoms with Gasteiger partial charge in [0.05, 0.1) is 33.0 Å². The van der Waals surface area contributed by atoms with Gasteiger partial charge in [0.2, 0.25) is 0 Å². The van der Waals surface area contributed by atoms with Crippen molar-refractivity contribution in [3.05, 3.63) is 29.8 Å². The van der Waals surface area contributed by atoms with Crippen molar-refractivity contribution in [2.45, 2.75) is 39.5 Å². The first-order valence-electron chi connectivity index (χ1n) is 9.34. The highest BCUT2D eigenvalue weighted by atomic mass is 31.2. The first-order valence-corrected chi connectivity index (χ1v) is 12.6. The number of ether oxygens (including phenoxy) is 1. The van der Waals surface area contributed by atoms with Gasteiger partial charge in [-0.05, 0) is 45.4 Å². The third-order valence-electron chi connectivity index (χ3n) is 3.52. The number of hydrogen-bond donors (Lipinski definition) is 0. The summed E-state index contributed by atoms with van der Waals surface area (Å²) in [5.41, 5.74) is 0.429. The summed E-state index contributed by atoms with van der Waals surface area (Å²) in [6, 6.07) is 6.52. The summed E-state index contributed by atoms with van der Waals surface area (Å²) in [7, 11) is -7.75. The van der Waals surface area contributed by atoms with Gasteiger partial charge in [-0.25, -0.2) is 0 Å². The molecule has 10 heteroatoms. The standard InChI is InChI=1S/C18H30O8P2/c1-5-23-27(20,24-6-2)18(28(21,25-7-3)26-8-4)16-10-12-17(13-11-16)22-15-9-14-19/h10-14,18H,5-9,15H2,1-4H3. The van der Waals surface area contributed by atoms with Gasteiger partial charge in [0.25, 0.3) is 0 Å². The van der Waals surface area contributed by atoms with E-state index >= 15 is 0 Å². The number of aldehydes is 1. The highest BCUT2D eigenvalue weighted by Crippen LogP contribution is 2.78. The van der Waals surface area contributed by atoms with Gasteiger partial charge in [-0.15, -0.1) is 0 Å². The van der Waals surface area contributed by atoms with E-state index in [1.165, 1.54) is 0 Å². The summed E-state index contributed by atoms with van der Waals surface area (Å²) in [5, 5.41) is -1.23. The van der Waals surface area contributed by atoms with Crippen LogP contribution in [-0.4, -0.2) is 39.3 Å². The molecule has 28 heavy (non-hydrogen) atoms. The van der Waals surface area contributed by atoms with E-state index in [1.54, 1.807) is 52.0 Å². The normalized spacial score (nSPS) is 12.3. The molecule has 0 radical (unpaired) electrons. The average molecular weight is 436 g/mol. The number of hydrogen-bond acceptors (Lipinski definition) is 8. The van der Waals surface area contributed by atoms with E-state index in [2.05, 4.69) is 0 Å². The van der Waals surface area contributed by atoms with Crippen molar-refractivity contribution in [2.24, 2.45) is 0 Å². The molecular weight excluding hydrogens is 406 g/mol.